The first-order chi connectivity index (χ1) is 14.4. The zero-order valence-electron chi connectivity index (χ0n) is 17.4. The lowest BCUT2D eigenvalue weighted by Crippen LogP contribution is -2.37. The molecular weight excluding hydrogens is 444 g/mol. The summed E-state index contributed by atoms with van der Waals surface area (Å²) in [5.74, 6) is -0.0513. The predicted molar refractivity (Wildman–Crippen MR) is 122 cm³/mol. The van der Waals surface area contributed by atoms with E-state index in [1.165, 1.54) is 0 Å². The quantitative estimate of drug-likeness (QED) is 0.523. The fourth-order valence-corrected chi connectivity index (χ4v) is 4.47. The molecule has 2 aromatic carbocycles. The Kier molecular flexibility index (Phi) is 5.80. The second kappa shape index (κ2) is 8.36. The summed E-state index contributed by atoms with van der Waals surface area (Å²) in [5.41, 5.74) is 2.79. The highest BCUT2D eigenvalue weighted by atomic mass is 79.9. The van der Waals surface area contributed by atoms with Crippen molar-refractivity contribution >= 4 is 32.8 Å². The first-order valence-corrected chi connectivity index (χ1v) is 11.1. The van der Waals surface area contributed by atoms with Crippen molar-refractivity contribution in [2.45, 2.75) is 26.8 Å². The van der Waals surface area contributed by atoms with Crippen LogP contribution in [0.3, 0.4) is 0 Å². The second-order valence-corrected chi connectivity index (χ2v) is 8.57. The van der Waals surface area contributed by atoms with E-state index in [0.29, 0.717) is 23.1 Å². The Morgan fingerprint density at radius 2 is 1.77 bits per heavy atom. The number of aryl methyl sites for hydroxylation is 1. The van der Waals surface area contributed by atoms with Crippen LogP contribution < -0.4 is 5.43 Å². The van der Waals surface area contributed by atoms with Gasteiger partial charge < -0.3 is 14.2 Å². The highest BCUT2D eigenvalue weighted by Crippen LogP contribution is 2.38. The fourth-order valence-electron chi connectivity index (χ4n) is 4.11. The van der Waals surface area contributed by atoms with E-state index < -0.39 is 6.04 Å². The molecule has 0 unspecified atom stereocenters. The topological polar surface area (TPSA) is 53.8 Å². The van der Waals surface area contributed by atoms with E-state index >= 15 is 0 Å². The van der Waals surface area contributed by atoms with Crippen LogP contribution in [0.4, 0.5) is 0 Å². The number of benzene rings is 2. The van der Waals surface area contributed by atoms with E-state index in [2.05, 4.69) is 34.7 Å². The molecule has 0 spiro atoms. The Labute approximate surface area is 184 Å². The number of nitrogens with zero attached hydrogens (tertiary/aromatic N) is 2. The summed E-state index contributed by atoms with van der Waals surface area (Å²) in [6, 6.07) is 12.9. The molecule has 1 amide bonds. The predicted octanol–water partition coefficient (Wildman–Crippen LogP) is 4.75. The maximum absolute atomic E-state index is 13.5. The Hall–Kier alpha value is -2.44. The first-order valence-electron chi connectivity index (χ1n) is 10.3. The van der Waals surface area contributed by atoms with Crippen molar-refractivity contribution in [3.63, 3.8) is 0 Å². The van der Waals surface area contributed by atoms with E-state index in [1.807, 2.05) is 37.3 Å². The second-order valence-electron chi connectivity index (χ2n) is 7.65. The average Bonchev–Trinajstić information content (AvgIpc) is 3.02. The molecule has 1 aliphatic rings. The molecule has 6 heteroatoms. The minimum Gasteiger partial charge on any atom is -0.450 e. The molecule has 1 aromatic heterocycles. The molecule has 0 N–H and O–H groups in total. The zero-order chi connectivity index (χ0) is 21.4. The van der Waals surface area contributed by atoms with Gasteiger partial charge in [0.1, 0.15) is 5.58 Å². The molecule has 30 heavy (non-hydrogen) atoms. The third kappa shape index (κ3) is 3.59. The molecule has 1 atom stereocenters. The van der Waals surface area contributed by atoms with Gasteiger partial charge in [-0.3, -0.25) is 9.59 Å². The van der Waals surface area contributed by atoms with Crippen molar-refractivity contribution in [3.05, 3.63) is 79.6 Å². The number of rotatable bonds is 6. The number of likely N-dealkylation sites (N-methyl/N-ethyl adjacent to an activating group) is 1. The smallest absolute Gasteiger partial charge is 0.290 e. The maximum Gasteiger partial charge on any atom is 0.290 e. The van der Waals surface area contributed by atoms with E-state index in [9.17, 15) is 9.59 Å². The van der Waals surface area contributed by atoms with Gasteiger partial charge in [-0.1, -0.05) is 59.6 Å². The molecule has 0 aliphatic carbocycles. The largest absolute Gasteiger partial charge is 0.450 e. The van der Waals surface area contributed by atoms with Gasteiger partial charge in [0, 0.05) is 17.6 Å². The third-order valence-electron chi connectivity index (χ3n) is 5.87. The van der Waals surface area contributed by atoms with Crippen LogP contribution in [0.5, 0.6) is 0 Å². The Bertz CT molecular complexity index is 1150. The van der Waals surface area contributed by atoms with Crippen LogP contribution in [0.1, 0.15) is 47.1 Å². The van der Waals surface area contributed by atoms with Gasteiger partial charge in [-0.05, 0) is 43.8 Å². The van der Waals surface area contributed by atoms with Crippen molar-refractivity contribution in [2.75, 3.05) is 26.2 Å². The van der Waals surface area contributed by atoms with Crippen LogP contribution in [-0.2, 0) is 0 Å². The van der Waals surface area contributed by atoms with Crippen molar-refractivity contribution in [1.82, 2.24) is 9.80 Å². The molecule has 0 bridgehead atoms. The molecule has 2 heterocycles. The number of halogens is 1. The fraction of sp³-hybridized carbons (Fsp3) is 0.333. The molecule has 1 aliphatic heterocycles. The number of fused-ring (bicyclic) bond motifs is 2. The van der Waals surface area contributed by atoms with Crippen LogP contribution in [0.25, 0.3) is 11.0 Å². The Morgan fingerprint density at radius 1 is 1.07 bits per heavy atom. The number of hydrogen-bond donors (Lipinski definition) is 0. The standard InChI is InChI=1S/C24H25BrN2O3/c1-4-26(5-2)12-13-27-21(16-8-6-15(3)7-9-16)20-22(28)18-14-17(25)10-11-19(18)30-23(20)24(27)29/h6-11,14,21H,4-5,12-13H2,1-3H3/t21-/m0/s1. The van der Waals surface area contributed by atoms with Gasteiger partial charge in [0.15, 0.2) is 5.43 Å². The SMILES string of the molecule is CCN(CC)CCN1C(=O)c2oc3ccc(Br)cc3c(=O)c2[C@@H]1c1ccc(C)cc1. The van der Waals surface area contributed by atoms with Gasteiger partial charge in [-0.25, -0.2) is 0 Å². The number of carbonyl (C=O) groups is 1. The highest BCUT2D eigenvalue weighted by molar-refractivity contribution is 9.10. The lowest BCUT2D eigenvalue weighted by molar-refractivity contribution is 0.0708. The van der Waals surface area contributed by atoms with Gasteiger partial charge in [0.05, 0.1) is 17.0 Å². The summed E-state index contributed by atoms with van der Waals surface area (Å²) in [6.07, 6.45) is 0. The van der Waals surface area contributed by atoms with Gasteiger partial charge in [-0.15, -0.1) is 0 Å². The summed E-state index contributed by atoms with van der Waals surface area (Å²) < 4.78 is 6.79. The molecule has 4 rings (SSSR count). The van der Waals surface area contributed by atoms with Gasteiger partial charge in [0.25, 0.3) is 5.91 Å². The summed E-state index contributed by atoms with van der Waals surface area (Å²) in [4.78, 5) is 30.9. The summed E-state index contributed by atoms with van der Waals surface area (Å²) >= 11 is 3.43. The van der Waals surface area contributed by atoms with Crippen molar-refractivity contribution in [2.24, 2.45) is 0 Å². The van der Waals surface area contributed by atoms with E-state index in [0.717, 1.165) is 35.2 Å². The number of amides is 1. The monoisotopic (exact) mass is 468 g/mol. The number of carbonyl (C=O) groups excluding carboxylic acids is 1. The van der Waals surface area contributed by atoms with Crippen LogP contribution in [0.2, 0.25) is 0 Å². The Morgan fingerprint density at radius 3 is 2.43 bits per heavy atom. The van der Waals surface area contributed by atoms with Gasteiger partial charge in [0.2, 0.25) is 5.76 Å². The molecule has 0 saturated heterocycles. The van der Waals surface area contributed by atoms with Crippen LogP contribution in [-0.4, -0.2) is 41.9 Å². The summed E-state index contributed by atoms with van der Waals surface area (Å²) in [5, 5.41) is 0.485. The molecule has 0 saturated carbocycles. The van der Waals surface area contributed by atoms with Gasteiger partial charge in [-0.2, -0.15) is 0 Å². The first kappa shape index (κ1) is 20.8. The summed E-state index contributed by atoms with van der Waals surface area (Å²) in [6.45, 7) is 9.34. The third-order valence-corrected chi connectivity index (χ3v) is 6.37. The average molecular weight is 469 g/mol. The lowest BCUT2D eigenvalue weighted by atomic mass is 9.98. The van der Waals surface area contributed by atoms with E-state index in [4.69, 9.17) is 4.42 Å². The van der Waals surface area contributed by atoms with E-state index in [1.54, 1.807) is 17.0 Å². The van der Waals surface area contributed by atoms with Crippen LogP contribution in [0, 0.1) is 6.92 Å². The molecular formula is C24H25BrN2O3. The molecule has 5 nitrogen and oxygen atoms in total. The van der Waals surface area contributed by atoms with Crippen LogP contribution in [0.15, 0.2) is 56.1 Å². The minimum absolute atomic E-state index is 0.142. The Balaban J connectivity index is 1.87. The van der Waals surface area contributed by atoms with E-state index in [-0.39, 0.29) is 17.1 Å². The lowest BCUT2D eigenvalue weighted by Gasteiger charge is -2.28. The molecule has 0 radical (unpaired) electrons. The van der Waals surface area contributed by atoms with Gasteiger partial charge >= 0.3 is 0 Å². The molecule has 156 valence electrons. The normalized spacial score (nSPS) is 16.0. The molecule has 0 fully saturated rings. The minimum atomic E-state index is -0.441. The zero-order valence-corrected chi connectivity index (χ0v) is 19.0. The maximum atomic E-state index is 13.5. The number of hydrogen-bond acceptors (Lipinski definition) is 4. The van der Waals surface area contributed by atoms with Crippen LogP contribution >= 0.6 is 15.9 Å². The van der Waals surface area contributed by atoms with Crippen molar-refractivity contribution in [1.29, 1.82) is 0 Å². The highest BCUT2D eigenvalue weighted by Gasteiger charge is 2.42. The molecule has 3 aromatic rings. The van der Waals surface area contributed by atoms with Crippen molar-refractivity contribution < 1.29 is 9.21 Å². The van der Waals surface area contributed by atoms with Crippen molar-refractivity contribution in [3.8, 4) is 0 Å². The summed E-state index contributed by atoms with van der Waals surface area (Å²) in [7, 11) is 0.